The molecule has 1 rings (SSSR count). The monoisotopic (exact) mass is 1020 g/mol. The molecule has 1 aliphatic carbocycles. The summed E-state index contributed by atoms with van der Waals surface area (Å²) in [5.41, 5.74) is 0. The van der Waals surface area contributed by atoms with Gasteiger partial charge in [-0.25, -0.2) is 4.57 Å². The van der Waals surface area contributed by atoms with E-state index < -0.39 is 75.7 Å². The van der Waals surface area contributed by atoms with E-state index in [1.807, 2.05) is 0 Å². The van der Waals surface area contributed by atoms with Crippen molar-refractivity contribution in [3.05, 3.63) is 12.2 Å². The second-order valence-corrected chi connectivity index (χ2v) is 21.9. The third kappa shape index (κ3) is 37.3. The Bertz CT molecular complexity index is 1270. The topological polar surface area (TPSA) is 210 Å². The summed E-state index contributed by atoms with van der Waals surface area (Å²) in [6.45, 7) is 3.35. The third-order valence-electron chi connectivity index (χ3n) is 13.9. The van der Waals surface area contributed by atoms with E-state index in [1.54, 1.807) is 0 Å². The van der Waals surface area contributed by atoms with Crippen molar-refractivity contribution in [1.29, 1.82) is 0 Å². The van der Waals surface area contributed by atoms with Gasteiger partial charge in [0.1, 0.15) is 43.2 Å². The number of aliphatic hydroxyl groups is 5. The number of carbonyl (C=O) groups is 2. The van der Waals surface area contributed by atoms with Crippen LogP contribution in [0.5, 0.6) is 0 Å². The number of phosphoric ester groups is 1. The number of hydrogen-bond acceptors (Lipinski definition) is 12. The summed E-state index contributed by atoms with van der Waals surface area (Å²) in [6, 6.07) is 0. The number of unbranched alkanes of at least 4 members (excludes halogenated alkanes) is 36. The van der Waals surface area contributed by atoms with Crippen molar-refractivity contribution in [2.45, 2.75) is 320 Å². The highest BCUT2D eigenvalue weighted by molar-refractivity contribution is 7.47. The fraction of sp³-hybridized carbons (Fsp3) is 0.929. The average molecular weight is 1020 g/mol. The largest absolute Gasteiger partial charge is 0.472 e. The molecule has 0 heterocycles. The van der Waals surface area contributed by atoms with Crippen molar-refractivity contribution in [2.75, 3.05) is 13.2 Å². The molecular weight excluding hydrogens is 912 g/mol. The predicted molar refractivity (Wildman–Crippen MR) is 281 cm³/mol. The molecule has 0 saturated heterocycles. The predicted octanol–water partition coefficient (Wildman–Crippen LogP) is 13.4. The summed E-state index contributed by atoms with van der Waals surface area (Å²) >= 11 is 0. The molecule has 6 atom stereocenters. The van der Waals surface area contributed by atoms with Crippen LogP contribution in [0.25, 0.3) is 0 Å². The van der Waals surface area contributed by atoms with Crippen LogP contribution in [0.3, 0.4) is 0 Å². The molecule has 0 aliphatic heterocycles. The summed E-state index contributed by atoms with van der Waals surface area (Å²) in [6.07, 6.45) is 39.8. The van der Waals surface area contributed by atoms with Crippen LogP contribution in [0.15, 0.2) is 12.2 Å². The van der Waals surface area contributed by atoms with Gasteiger partial charge in [0.25, 0.3) is 0 Å². The van der Waals surface area contributed by atoms with Gasteiger partial charge in [-0.3, -0.25) is 18.6 Å². The van der Waals surface area contributed by atoms with Gasteiger partial charge in [0.15, 0.2) is 6.10 Å². The van der Waals surface area contributed by atoms with Gasteiger partial charge < -0.3 is 39.9 Å². The van der Waals surface area contributed by atoms with E-state index >= 15 is 0 Å². The molecule has 1 saturated carbocycles. The maximum absolute atomic E-state index is 12.9. The highest BCUT2D eigenvalue weighted by atomic mass is 31.2. The van der Waals surface area contributed by atoms with Crippen LogP contribution < -0.4 is 0 Å². The first-order valence-electron chi connectivity index (χ1n) is 29.0. The Hall–Kier alpha value is -1.41. The van der Waals surface area contributed by atoms with E-state index in [2.05, 4.69) is 26.0 Å². The Morgan fingerprint density at radius 1 is 0.429 bits per heavy atom. The van der Waals surface area contributed by atoms with Crippen molar-refractivity contribution in [2.24, 2.45) is 0 Å². The molecule has 0 aromatic heterocycles. The van der Waals surface area contributed by atoms with E-state index in [4.69, 9.17) is 18.5 Å². The lowest BCUT2D eigenvalue weighted by Gasteiger charge is -2.41. The Labute approximate surface area is 426 Å². The second-order valence-electron chi connectivity index (χ2n) is 20.5. The van der Waals surface area contributed by atoms with E-state index in [0.717, 1.165) is 51.4 Å². The van der Waals surface area contributed by atoms with Gasteiger partial charge in [0.05, 0.1) is 6.61 Å². The molecule has 414 valence electrons. The van der Waals surface area contributed by atoms with E-state index in [9.17, 15) is 44.6 Å². The zero-order valence-corrected chi connectivity index (χ0v) is 45.5. The molecule has 13 nitrogen and oxygen atoms in total. The van der Waals surface area contributed by atoms with Crippen molar-refractivity contribution in [3.8, 4) is 0 Å². The quantitative estimate of drug-likeness (QED) is 0.0145. The van der Waals surface area contributed by atoms with Gasteiger partial charge in [-0.05, 0) is 38.5 Å². The third-order valence-corrected chi connectivity index (χ3v) is 14.8. The molecule has 1 aliphatic rings. The number of allylic oxidation sites excluding steroid dienone is 2. The van der Waals surface area contributed by atoms with Crippen LogP contribution >= 0.6 is 7.82 Å². The highest BCUT2D eigenvalue weighted by Gasteiger charge is 2.51. The lowest BCUT2D eigenvalue weighted by Crippen LogP contribution is -2.64. The minimum atomic E-state index is -5.12. The Balaban J connectivity index is 2.30. The maximum Gasteiger partial charge on any atom is 0.472 e. The van der Waals surface area contributed by atoms with Crippen molar-refractivity contribution < 1.29 is 63.1 Å². The molecule has 6 N–H and O–H groups in total. The Morgan fingerprint density at radius 2 is 0.729 bits per heavy atom. The standard InChI is InChI=1S/C56H107O13P/c1-3-5-7-9-11-13-15-17-19-21-22-23-24-25-26-27-29-30-32-34-36-38-40-42-44-49(57)66-46-48(47-67-70(64,65)69-56-54(62)52(60)51(59)53(61)55(56)63)68-50(58)45-43-41-39-37-35-33-31-28-20-18-16-14-12-10-8-6-4-2/h18,20,48,51-56,59-63H,3-17,19,21-47H2,1-2H3,(H,64,65)/b20-18-. The molecule has 0 spiro atoms. The minimum Gasteiger partial charge on any atom is -0.462 e. The van der Waals surface area contributed by atoms with Crippen LogP contribution in [0.4, 0.5) is 0 Å². The molecule has 0 bridgehead atoms. The SMILES string of the molecule is CCCCCCCC/C=C\CCCCCCCCCC(=O)OC(COC(=O)CCCCCCCCCCCCCCCCCCCCCCCCCC)COP(=O)(O)OC1C(O)C(O)C(O)C(O)C1O. The van der Waals surface area contributed by atoms with Crippen LogP contribution in [0.2, 0.25) is 0 Å². The number of rotatable bonds is 50. The van der Waals surface area contributed by atoms with Gasteiger partial charge in [0, 0.05) is 12.8 Å². The van der Waals surface area contributed by atoms with E-state index in [0.29, 0.717) is 12.8 Å². The fourth-order valence-corrected chi connectivity index (χ4v) is 10.2. The lowest BCUT2D eigenvalue weighted by atomic mass is 9.85. The van der Waals surface area contributed by atoms with Gasteiger partial charge in [-0.1, -0.05) is 238 Å². The highest BCUT2D eigenvalue weighted by Crippen LogP contribution is 2.47. The molecule has 0 radical (unpaired) electrons. The van der Waals surface area contributed by atoms with Crippen LogP contribution in [-0.2, 0) is 32.7 Å². The number of phosphoric acid groups is 1. The summed E-state index contributed by atoms with van der Waals surface area (Å²) in [7, 11) is -5.12. The van der Waals surface area contributed by atoms with E-state index in [1.165, 1.54) is 186 Å². The smallest absolute Gasteiger partial charge is 0.462 e. The first-order chi connectivity index (χ1) is 33.9. The van der Waals surface area contributed by atoms with Gasteiger partial charge in [-0.2, -0.15) is 0 Å². The molecular formula is C56H107O13P. The lowest BCUT2D eigenvalue weighted by molar-refractivity contribution is -0.220. The molecule has 70 heavy (non-hydrogen) atoms. The summed E-state index contributed by atoms with van der Waals surface area (Å²) in [5, 5.41) is 50.4. The maximum atomic E-state index is 12.9. The molecule has 14 heteroatoms. The zero-order valence-electron chi connectivity index (χ0n) is 44.6. The number of esters is 2. The second kappa shape index (κ2) is 46.1. The Morgan fingerprint density at radius 3 is 1.09 bits per heavy atom. The first-order valence-corrected chi connectivity index (χ1v) is 30.5. The number of hydrogen-bond donors (Lipinski definition) is 6. The number of aliphatic hydroxyl groups excluding tert-OH is 5. The van der Waals surface area contributed by atoms with Crippen LogP contribution in [-0.4, -0.2) is 98.3 Å². The van der Waals surface area contributed by atoms with Crippen molar-refractivity contribution >= 4 is 19.8 Å². The summed E-state index contributed by atoms with van der Waals surface area (Å²) < 4.78 is 33.7. The van der Waals surface area contributed by atoms with E-state index in [-0.39, 0.29) is 12.8 Å². The summed E-state index contributed by atoms with van der Waals surface area (Å²) in [4.78, 5) is 35.9. The van der Waals surface area contributed by atoms with Gasteiger partial charge >= 0.3 is 19.8 Å². The number of carbonyl (C=O) groups excluding carboxylic acids is 2. The average Bonchev–Trinajstić information content (AvgIpc) is 3.34. The number of ether oxygens (including phenoxy) is 2. The Kier molecular flexibility index (Phi) is 43.9. The normalized spacial score (nSPS) is 20.7. The molecule has 0 aromatic carbocycles. The van der Waals surface area contributed by atoms with Gasteiger partial charge in [0.2, 0.25) is 0 Å². The molecule has 6 unspecified atom stereocenters. The zero-order chi connectivity index (χ0) is 51.3. The minimum absolute atomic E-state index is 0.0965. The summed E-state index contributed by atoms with van der Waals surface area (Å²) in [5.74, 6) is -1.09. The van der Waals surface area contributed by atoms with Gasteiger partial charge in [-0.15, -0.1) is 0 Å². The van der Waals surface area contributed by atoms with Crippen LogP contribution in [0, 0.1) is 0 Å². The van der Waals surface area contributed by atoms with Crippen molar-refractivity contribution in [3.63, 3.8) is 0 Å². The molecule has 0 aromatic rings. The molecule has 1 fully saturated rings. The fourth-order valence-electron chi connectivity index (χ4n) is 9.23. The van der Waals surface area contributed by atoms with Crippen LogP contribution in [0.1, 0.15) is 277 Å². The first kappa shape index (κ1) is 66.6. The van der Waals surface area contributed by atoms with Crippen molar-refractivity contribution in [1.82, 2.24) is 0 Å². The molecule has 0 amide bonds.